The molecule has 1 aromatic heterocycles. The first-order valence-corrected chi connectivity index (χ1v) is 9.88. The Labute approximate surface area is 190 Å². The molecule has 0 saturated heterocycles. The van der Waals surface area contributed by atoms with Crippen molar-refractivity contribution in [3.63, 3.8) is 0 Å². The van der Waals surface area contributed by atoms with Crippen molar-refractivity contribution in [2.45, 2.75) is 12.8 Å². The van der Waals surface area contributed by atoms with Gasteiger partial charge in [-0.1, -0.05) is 29.8 Å². The molecule has 4 rings (SSSR count). The summed E-state index contributed by atoms with van der Waals surface area (Å²) >= 11 is 5.85. The molecule has 0 radical (unpaired) electrons. The number of nitrogens with zero attached hydrogens (tertiary/aromatic N) is 1. The van der Waals surface area contributed by atoms with Gasteiger partial charge in [0, 0.05) is 22.7 Å². The summed E-state index contributed by atoms with van der Waals surface area (Å²) in [4.78, 5) is 0. The van der Waals surface area contributed by atoms with Gasteiger partial charge in [-0.15, -0.1) is 0 Å². The zero-order chi connectivity index (χ0) is 23.6. The van der Waals surface area contributed by atoms with Gasteiger partial charge in [0.2, 0.25) is 0 Å². The predicted molar refractivity (Wildman–Crippen MR) is 113 cm³/mol. The van der Waals surface area contributed by atoms with E-state index in [2.05, 4.69) is 5.10 Å². The van der Waals surface area contributed by atoms with Crippen LogP contribution in [0.5, 0.6) is 23.0 Å². The van der Waals surface area contributed by atoms with E-state index >= 15 is 0 Å². The Morgan fingerprint density at radius 2 is 1.73 bits per heavy atom. The number of aromatic nitrogens is 2. The molecule has 0 aliphatic heterocycles. The van der Waals surface area contributed by atoms with Gasteiger partial charge in [-0.25, -0.2) is 4.39 Å². The minimum Gasteiger partial charge on any atom is -0.507 e. The second-order valence-corrected chi connectivity index (χ2v) is 7.36. The number of hydrogen-bond acceptors (Lipinski definition) is 4. The van der Waals surface area contributed by atoms with Gasteiger partial charge >= 0.3 is 6.18 Å². The van der Waals surface area contributed by atoms with E-state index in [9.17, 15) is 22.7 Å². The highest BCUT2D eigenvalue weighted by atomic mass is 35.5. The van der Waals surface area contributed by atoms with Crippen molar-refractivity contribution in [2.75, 3.05) is 0 Å². The molecule has 170 valence electrons. The van der Waals surface area contributed by atoms with E-state index in [4.69, 9.17) is 21.1 Å². The molecule has 0 amide bonds. The number of ether oxygens (including phenoxy) is 2. The lowest BCUT2D eigenvalue weighted by Gasteiger charge is -2.12. The fraction of sp³-hybridized carbons (Fsp3) is 0.0870. The van der Waals surface area contributed by atoms with Crippen molar-refractivity contribution in [1.82, 2.24) is 10.2 Å². The second-order valence-electron chi connectivity index (χ2n) is 6.93. The lowest BCUT2D eigenvalue weighted by molar-refractivity contribution is -0.142. The average Bonchev–Trinajstić information content (AvgIpc) is 3.17. The molecule has 0 spiro atoms. The van der Waals surface area contributed by atoms with E-state index in [0.29, 0.717) is 5.02 Å². The summed E-state index contributed by atoms with van der Waals surface area (Å²) in [5.74, 6) is -1.64. The van der Waals surface area contributed by atoms with Crippen LogP contribution in [0.4, 0.5) is 17.6 Å². The third-order valence-corrected chi connectivity index (χ3v) is 4.82. The zero-order valence-electron chi connectivity index (χ0n) is 16.7. The van der Waals surface area contributed by atoms with E-state index in [-0.39, 0.29) is 35.1 Å². The number of nitrogens with one attached hydrogen (secondary N) is 1. The van der Waals surface area contributed by atoms with E-state index in [0.717, 1.165) is 17.7 Å². The normalized spacial score (nSPS) is 11.4. The first kappa shape index (κ1) is 22.5. The van der Waals surface area contributed by atoms with Crippen LogP contribution in [0.25, 0.3) is 11.3 Å². The Hall–Kier alpha value is -3.72. The molecule has 0 bridgehead atoms. The van der Waals surface area contributed by atoms with Gasteiger partial charge in [0.25, 0.3) is 0 Å². The van der Waals surface area contributed by atoms with Gasteiger partial charge in [-0.3, -0.25) is 5.10 Å². The Morgan fingerprint density at radius 1 is 0.970 bits per heavy atom. The number of H-pyrrole nitrogens is 1. The molecular weight excluding hydrogens is 464 g/mol. The molecule has 5 nitrogen and oxygen atoms in total. The van der Waals surface area contributed by atoms with Crippen LogP contribution in [0, 0.1) is 5.82 Å². The maximum atomic E-state index is 13.5. The number of alkyl halides is 3. The van der Waals surface area contributed by atoms with Crippen LogP contribution in [0.2, 0.25) is 5.02 Å². The summed E-state index contributed by atoms with van der Waals surface area (Å²) in [5.41, 5.74) is -0.777. The van der Waals surface area contributed by atoms with Crippen molar-refractivity contribution in [2.24, 2.45) is 0 Å². The Balaban J connectivity index is 1.64. The second kappa shape index (κ2) is 9.03. The molecule has 0 unspecified atom stereocenters. The number of phenolic OH excluding ortho intramolecular Hbond substituents is 1. The molecule has 10 heteroatoms. The van der Waals surface area contributed by atoms with Gasteiger partial charge in [0.1, 0.15) is 35.4 Å². The minimum absolute atomic E-state index is 0.0352. The summed E-state index contributed by atoms with van der Waals surface area (Å²) in [6.07, 6.45) is -4.83. The third kappa shape index (κ3) is 5.20. The molecule has 1 heterocycles. The van der Waals surface area contributed by atoms with Crippen molar-refractivity contribution in [1.29, 1.82) is 0 Å². The Morgan fingerprint density at radius 3 is 2.39 bits per heavy atom. The molecule has 33 heavy (non-hydrogen) atoms. The predicted octanol–water partition coefficient (Wildman–Crippen LogP) is 6.96. The molecular formula is C23H15ClF4N2O3. The van der Waals surface area contributed by atoms with Crippen molar-refractivity contribution < 1.29 is 32.1 Å². The van der Waals surface area contributed by atoms with Crippen LogP contribution in [0.1, 0.15) is 11.3 Å². The molecule has 0 fully saturated rings. The lowest BCUT2D eigenvalue weighted by Crippen LogP contribution is -2.07. The van der Waals surface area contributed by atoms with Crippen LogP contribution in [0.3, 0.4) is 0 Å². The highest BCUT2D eigenvalue weighted by Crippen LogP contribution is 2.45. The van der Waals surface area contributed by atoms with Crippen molar-refractivity contribution in [3.05, 3.63) is 88.8 Å². The van der Waals surface area contributed by atoms with Crippen molar-refractivity contribution in [3.8, 4) is 34.3 Å². The first-order valence-electron chi connectivity index (χ1n) is 9.50. The zero-order valence-corrected chi connectivity index (χ0v) is 17.4. The summed E-state index contributed by atoms with van der Waals surface area (Å²) in [6, 6.07) is 15.7. The van der Waals surface area contributed by atoms with Gasteiger partial charge in [0.15, 0.2) is 11.4 Å². The minimum atomic E-state index is -4.83. The van der Waals surface area contributed by atoms with E-state index in [1.54, 1.807) is 24.3 Å². The topological polar surface area (TPSA) is 67.4 Å². The number of benzene rings is 3. The molecule has 0 aliphatic rings. The van der Waals surface area contributed by atoms with Crippen LogP contribution < -0.4 is 9.47 Å². The number of aromatic hydroxyl groups is 1. The largest absolute Gasteiger partial charge is 0.507 e. The number of hydrogen-bond donors (Lipinski definition) is 2. The molecule has 3 aromatic carbocycles. The summed E-state index contributed by atoms with van der Waals surface area (Å²) in [6.45, 7) is 0.185. The highest BCUT2D eigenvalue weighted by molar-refractivity contribution is 6.30. The number of rotatable bonds is 6. The van der Waals surface area contributed by atoms with Gasteiger partial charge in [0.05, 0.1) is 0 Å². The average molecular weight is 479 g/mol. The van der Waals surface area contributed by atoms with Gasteiger partial charge in [-0.05, 0) is 42.0 Å². The molecule has 0 atom stereocenters. The number of halogens is 5. The first-order chi connectivity index (χ1) is 15.7. The Kier molecular flexibility index (Phi) is 6.15. The summed E-state index contributed by atoms with van der Waals surface area (Å²) < 4.78 is 64.9. The Bertz CT molecular complexity index is 1270. The fourth-order valence-corrected chi connectivity index (χ4v) is 3.13. The van der Waals surface area contributed by atoms with E-state index in [1.165, 1.54) is 30.3 Å². The molecule has 2 N–H and O–H groups in total. The van der Waals surface area contributed by atoms with Crippen LogP contribution in [-0.4, -0.2) is 15.3 Å². The highest BCUT2D eigenvalue weighted by Gasteiger charge is 2.39. The van der Waals surface area contributed by atoms with E-state index in [1.807, 2.05) is 5.10 Å². The standard InChI is InChI=1S/C23H15ClF4N2O3/c24-14-6-4-13(5-7-14)12-32-16-8-9-18(19(31)11-16)20-21(22(30-29-20)23(26,27)28)33-17-3-1-2-15(25)10-17/h1-11,31H,12H2,(H,29,30). The quantitative estimate of drug-likeness (QED) is 0.294. The smallest absolute Gasteiger partial charge is 0.436 e. The molecule has 0 aliphatic carbocycles. The van der Waals surface area contributed by atoms with Crippen LogP contribution >= 0.6 is 11.6 Å². The lowest BCUT2D eigenvalue weighted by atomic mass is 10.1. The molecule has 0 saturated carbocycles. The van der Waals surface area contributed by atoms with Crippen molar-refractivity contribution >= 4 is 11.6 Å². The maximum absolute atomic E-state index is 13.5. The van der Waals surface area contributed by atoms with Crippen LogP contribution in [-0.2, 0) is 12.8 Å². The fourth-order valence-electron chi connectivity index (χ4n) is 3.00. The SMILES string of the molecule is Oc1cc(OCc2ccc(Cl)cc2)ccc1-c1n[nH]c(C(F)(F)F)c1Oc1cccc(F)c1. The third-order valence-electron chi connectivity index (χ3n) is 4.56. The number of phenols is 1. The monoisotopic (exact) mass is 478 g/mol. The van der Waals surface area contributed by atoms with Crippen LogP contribution in [0.15, 0.2) is 66.7 Å². The summed E-state index contributed by atoms with van der Waals surface area (Å²) in [7, 11) is 0. The van der Waals surface area contributed by atoms with Gasteiger partial charge in [-0.2, -0.15) is 18.3 Å². The van der Waals surface area contributed by atoms with E-state index < -0.39 is 23.4 Å². The number of aromatic amines is 1. The molecule has 4 aromatic rings. The summed E-state index contributed by atoms with van der Waals surface area (Å²) in [5, 5.41) is 16.6. The van der Waals surface area contributed by atoms with Gasteiger partial charge < -0.3 is 14.6 Å². The maximum Gasteiger partial charge on any atom is 0.436 e.